The molecule has 1 fully saturated rings. The van der Waals surface area contributed by atoms with Crippen molar-refractivity contribution in [2.24, 2.45) is 0 Å². The van der Waals surface area contributed by atoms with Crippen LogP contribution in [0.3, 0.4) is 0 Å². The summed E-state index contributed by atoms with van der Waals surface area (Å²) >= 11 is 1.47. The normalized spacial score (nSPS) is 18.4. The lowest BCUT2D eigenvalue weighted by Gasteiger charge is -2.30. The maximum atomic E-state index is 13.2. The summed E-state index contributed by atoms with van der Waals surface area (Å²) in [4.78, 5) is 29.0. The molecule has 5 heteroatoms. The molecule has 4 rings (SSSR count). The molecule has 2 aliphatic rings. The van der Waals surface area contributed by atoms with Gasteiger partial charge in [0.2, 0.25) is 5.91 Å². The summed E-state index contributed by atoms with van der Waals surface area (Å²) in [6, 6.07) is 16.1. The Bertz CT molecular complexity index is 914. The molecule has 2 amide bonds. The summed E-state index contributed by atoms with van der Waals surface area (Å²) in [6.45, 7) is 2.09. The van der Waals surface area contributed by atoms with Crippen LogP contribution in [0, 0.1) is 6.92 Å². The fourth-order valence-electron chi connectivity index (χ4n) is 3.72. The number of para-hydroxylation sites is 1. The minimum atomic E-state index is -0.120. The van der Waals surface area contributed by atoms with Crippen LogP contribution in [0.25, 0.3) is 6.08 Å². The Balaban J connectivity index is 1.59. The first-order valence-corrected chi connectivity index (χ1v) is 10.6. The molecule has 1 heterocycles. The lowest BCUT2D eigenvalue weighted by Crippen LogP contribution is -2.45. The minimum absolute atomic E-state index is 0.0537. The monoisotopic (exact) mass is 392 g/mol. The summed E-state index contributed by atoms with van der Waals surface area (Å²) in [6.07, 6.45) is 6.30. The first-order chi connectivity index (χ1) is 13.6. The van der Waals surface area contributed by atoms with Gasteiger partial charge in [-0.25, -0.2) is 0 Å². The molecular formula is C23H24N2O2S. The minimum Gasteiger partial charge on any atom is -0.352 e. The third-order valence-electron chi connectivity index (χ3n) is 5.23. The van der Waals surface area contributed by atoms with Crippen LogP contribution in [0.4, 0.5) is 5.69 Å². The Morgan fingerprint density at radius 1 is 1.14 bits per heavy atom. The van der Waals surface area contributed by atoms with Gasteiger partial charge in [0.05, 0.1) is 10.6 Å². The number of hydrogen-bond donors (Lipinski definition) is 1. The van der Waals surface area contributed by atoms with E-state index in [1.165, 1.54) is 17.3 Å². The standard InChI is InChI=1S/C23H24N2O2S/c1-16-10-12-17(13-11-16)14-21-23(27)25(19-8-4-5-9-20(19)28-21)15-22(26)24-18-6-2-3-7-18/h4-5,8-14,18H,2-3,6-7,15H2,1H3,(H,24,26)/b21-14+. The van der Waals surface area contributed by atoms with E-state index in [1.54, 1.807) is 4.90 Å². The van der Waals surface area contributed by atoms with E-state index in [-0.39, 0.29) is 24.4 Å². The van der Waals surface area contributed by atoms with Gasteiger partial charge >= 0.3 is 0 Å². The molecule has 0 bridgehead atoms. The van der Waals surface area contributed by atoms with Crippen LogP contribution >= 0.6 is 11.8 Å². The van der Waals surface area contributed by atoms with Gasteiger partial charge in [-0.3, -0.25) is 14.5 Å². The summed E-state index contributed by atoms with van der Waals surface area (Å²) in [5, 5.41) is 3.09. The zero-order chi connectivity index (χ0) is 19.5. The number of rotatable bonds is 4. The fourth-order valence-corrected chi connectivity index (χ4v) is 4.78. The van der Waals surface area contributed by atoms with Crippen LogP contribution in [0.2, 0.25) is 0 Å². The highest BCUT2D eigenvalue weighted by Crippen LogP contribution is 2.41. The number of carbonyl (C=O) groups excluding carboxylic acids is 2. The van der Waals surface area contributed by atoms with E-state index in [4.69, 9.17) is 0 Å². The molecule has 1 N–H and O–H groups in total. The number of aryl methyl sites for hydroxylation is 1. The lowest BCUT2D eigenvalue weighted by atomic mass is 10.1. The van der Waals surface area contributed by atoms with Crippen LogP contribution in [0.5, 0.6) is 0 Å². The van der Waals surface area contributed by atoms with Gasteiger partial charge in [0.15, 0.2) is 0 Å². The second kappa shape index (κ2) is 8.23. The average Bonchev–Trinajstić information content (AvgIpc) is 3.19. The molecule has 28 heavy (non-hydrogen) atoms. The van der Waals surface area contributed by atoms with Gasteiger partial charge in [0.25, 0.3) is 5.91 Å². The molecule has 1 aliphatic heterocycles. The Morgan fingerprint density at radius 2 is 1.86 bits per heavy atom. The molecule has 144 valence electrons. The molecule has 0 spiro atoms. The number of fused-ring (bicyclic) bond motifs is 1. The van der Waals surface area contributed by atoms with Crippen molar-refractivity contribution in [1.29, 1.82) is 0 Å². The SMILES string of the molecule is Cc1ccc(/C=C2/Sc3ccccc3N(CC(=O)NC3CCCC3)C2=O)cc1. The number of benzene rings is 2. The van der Waals surface area contributed by atoms with Crippen molar-refractivity contribution in [3.63, 3.8) is 0 Å². The maximum absolute atomic E-state index is 13.2. The van der Waals surface area contributed by atoms with E-state index in [9.17, 15) is 9.59 Å². The number of nitrogens with zero attached hydrogens (tertiary/aromatic N) is 1. The Labute approximate surface area is 170 Å². The van der Waals surface area contributed by atoms with Crippen molar-refractivity contribution < 1.29 is 9.59 Å². The second-order valence-electron chi connectivity index (χ2n) is 7.43. The number of carbonyl (C=O) groups is 2. The highest BCUT2D eigenvalue weighted by molar-refractivity contribution is 8.04. The average molecular weight is 393 g/mol. The zero-order valence-corrected chi connectivity index (χ0v) is 16.8. The molecule has 2 aromatic carbocycles. The summed E-state index contributed by atoms with van der Waals surface area (Å²) in [5.41, 5.74) is 2.97. The van der Waals surface area contributed by atoms with Gasteiger partial charge in [-0.1, -0.05) is 66.6 Å². The highest BCUT2D eigenvalue weighted by atomic mass is 32.2. The van der Waals surface area contributed by atoms with E-state index in [0.29, 0.717) is 4.91 Å². The second-order valence-corrected chi connectivity index (χ2v) is 8.51. The summed E-state index contributed by atoms with van der Waals surface area (Å²) in [5.74, 6) is -0.206. The van der Waals surface area contributed by atoms with Gasteiger partial charge in [0.1, 0.15) is 6.54 Å². The van der Waals surface area contributed by atoms with E-state index in [1.807, 2.05) is 61.5 Å². The number of thioether (sulfide) groups is 1. The van der Waals surface area contributed by atoms with E-state index < -0.39 is 0 Å². The summed E-state index contributed by atoms with van der Waals surface area (Å²) in [7, 11) is 0. The maximum Gasteiger partial charge on any atom is 0.265 e. The molecule has 0 saturated heterocycles. The van der Waals surface area contributed by atoms with Crippen molar-refractivity contribution in [2.45, 2.75) is 43.5 Å². The van der Waals surface area contributed by atoms with Gasteiger partial charge in [-0.05, 0) is 43.5 Å². The van der Waals surface area contributed by atoms with Crippen LogP contribution in [-0.4, -0.2) is 24.4 Å². The van der Waals surface area contributed by atoms with Gasteiger partial charge in [-0.2, -0.15) is 0 Å². The molecule has 2 aromatic rings. The van der Waals surface area contributed by atoms with Gasteiger partial charge < -0.3 is 5.32 Å². The smallest absolute Gasteiger partial charge is 0.265 e. The zero-order valence-electron chi connectivity index (χ0n) is 16.0. The van der Waals surface area contributed by atoms with Crippen LogP contribution < -0.4 is 10.2 Å². The molecular weight excluding hydrogens is 368 g/mol. The predicted octanol–water partition coefficient (Wildman–Crippen LogP) is 4.53. The first-order valence-electron chi connectivity index (χ1n) is 9.76. The van der Waals surface area contributed by atoms with Gasteiger partial charge in [-0.15, -0.1) is 0 Å². The van der Waals surface area contributed by atoms with Crippen molar-refractivity contribution >= 4 is 35.3 Å². The lowest BCUT2D eigenvalue weighted by molar-refractivity contribution is -0.122. The van der Waals surface area contributed by atoms with Gasteiger partial charge in [0, 0.05) is 10.9 Å². The molecule has 1 saturated carbocycles. The van der Waals surface area contributed by atoms with E-state index in [2.05, 4.69) is 5.32 Å². The Morgan fingerprint density at radius 3 is 2.61 bits per heavy atom. The molecule has 0 unspecified atom stereocenters. The van der Waals surface area contributed by atoms with Crippen molar-refractivity contribution in [2.75, 3.05) is 11.4 Å². The number of anilines is 1. The third kappa shape index (κ3) is 4.14. The van der Waals surface area contributed by atoms with Crippen molar-refractivity contribution in [1.82, 2.24) is 5.32 Å². The van der Waals surface area contributed by atoms with Crippen LogP contribution in [0.15, 0.2) is 58.3 Å². The third-order valence-corrected chi connectivity index (χ3v) is 6.31. The fraction of sp³-hybridized carbons (Fsp3) is 0.304. The molecule has 1 aliphatic carbocycles. The topological polar surface area (TPSA) is 49.4 Å². The quantitative estimate of drug-likeness (QED) is 0.778. The highest BCUT2D eigenvalue weighted by Gasteiger charge is 2.31. The van der Waals surface area contributed by atoms with Crippen LogP contribution in [0.1, 0.15) is 36.8 Å². The number of nitrogens with one attached hydrogen (secondary N) is 1. The largest absolute Gasteiger partial charge is 0.352 e. The molecule has 0 atom stereocenters. The number of hydrogen-bond acceptors (Lipinski definition) is 3. The number of amides is 2. The predicted molar refractivity (Wildman–Crippen MR) is 114 cm³/mol. The first kappa shape index (κ1) is 18.8. The van der Waals surface area contributed by atoms with E-state index >= 15 is 0 Å². The molecule has 4 nitrogen and oxygen atoms in total. The Kier molecular flexibility index (Phi) is 5.53. The molecule has 0 aromatic heterocycles. The Hall–Kier alpha value is -2.53. The summed E-state index contributed by atoms with van der Waals surface area (Å²) < 4.78 is 0. The van der Waals surface area contributed by atoms with Crippen molar-refractivity contribution in [3.8, 4) is 0 Å². The molecule has 0 radical (unpaired) electrons. The van der Waals surface area contributed by atoms with Crippen LogP contribution in [-0.2, 0) is 9.59 Å². The van der Waals surface area contributed by atoms with E-state index in [0.717, 1.165) is 41.8 Å². The van der Waals surface area contributed by atoms with Crippen molar-refractivity contribution in [3.05, 3.63) is 64.6 Å².